The zero-order chi connectivity index (χ0) is 22.8. The van der Waals surface area contributed by atoms with E-state index in [1.54, 1.807) is 0 Å². The summed E-state index contributed by atoms with van der Waals surface area (Å²) >= 11 is 1.41. The number of nitrogens with zero attached hydrogens (tertiary/aromatic N) is 2. The first-order valence-corrected chi connectivity index (χ1v) is 11.8. The van der Waals surface area contributed by atoms with E-state index >= 15 is 0 Å². The van der Waals surface area contributed by atoms with Crippen LogP contribution in [-0.2, 0) is 11.2 Å². The molecule has 0 saturated heterocycles. The molecule has 0 aliphatic carbocycles. The number of carbonyl (C=O) groups excluding carboxylic acids is 1. The maximum atomic E-state index is 12.6. The normalized spacial score (nSPS) is 11.8. The van der Waals surface area contributed by atoms with Crippen molar-refractivity contribution in [2.24, 2.45) is 0 Å². The van der Waals surface area contributed by atoms with Crippen LogP contribution in [0.25, 0.3) is 11.4 Å². The van der Waals surface area contributed by atoms with Gasteiger partial charge in [-0.3, -0.25) is 4.79 Å². The van der Waals surface area contributed by atoms with Crippen molar-refractivity contribution in [1.29, 1.82) is 0 Å². The van der Waals surface area contributed by atoms with Gasteiger partial charge in [0.05, 0.1) is 11.3 Å². The quantitative estimate of drug-likeness (QED) is 0.254. The topological polar surface area (TPSA) is 64.1 Å². The molecule has 6 heteroatoms. The van der Waals surface area contributed by atoms with Crippen LogP contribution in [0.15, 0.2) is 77.8 Å². The summed E-state index contributed by atoms with van der Waals surface area (Å²) in [4.78, 5) is 22.2. The Morgan fingerprint density at radius 3 is 2.61 bits per heavy atom. The number of anilines is 1. The van der Waals surface area contributed by atoms with Crippen LogP contribution in [0.1, 0.15) is 22.3 Å². The number of carbonyl (C=O) groups is 1. The molecule has 5 rings (SSSR count). The van der Waals surface area contributed by atoms with E-state index in [-0.39, 0.29) is 11.7 Å². The van der Waals surface area contributed by atoms with E-state index in [0.717, 1.165) is 38.7 Å². The molecule has 1 amide bonds. The summed E-state index contributed by atoms with van der Waals surface area (Å²) in [5, 5.41) is 3.73. The van der Waals surface area contributed by atoms with Gasteiger partial charge in [0.2, 0.25) is 11.8 Å². The highest BCUT2D eigenvalue weighted by atomic mass is 32.2. The first kappa shape index (κ1) is 21.2. The number of para-hydroxylation sites is 1. The van der Waals surface area contributed by atoms with Gasteiger partial charge < -0.3 is 10.1 Å². The Balaban J connectivity index is 1.44. The van der Waals surface area contributed by atoms with Gasteiger partial charge in [0, 0.05) is 17.7 Å². The van der Waals surface area contributed by atoms with Crippen molar-refractivity contribution >= 4 is 23.4 Å². The van der Waals surface area contributed by atoms with Crippen molar-refractivity contribution in [2.75, 3.05) is 11.1 Å². The fraction of sp³-hybridized carbons (Fsp3) is 0.148. The summed E-state index contributed by atoms with van der Waals surface area (Å²) in [6, 6.07) is 23.8. The largest absolute Gasteiger partial charge is 0.438 e. The molecule has 0 bridgehead atoms. The Labute approximate surface area is 197 Å². The van der Waals surface area contributed by atoms with Gasteiger partial charge in [-0.05, 0) is 43.2 Å². The van der Waals surface area contributed by atoms with Gasteiger partial charge in [0.25, 0.3) is 0 Å². The fourth-order valence-corrected chi connectivity index (χ4v) is 4.55. The van der Waals surface area contributed by atoms with Gasteiger partial charge in [-0.25, -0.2) is 4.98 Å². The standard InChI is InChI=1S/C27H23N3O2S/c1-17-10-12-19(13-11-17)25-29-26-22(15-20-7-3-4-9-23(20)32-26)27(30-25)33-16-24(31)28-21-8-5-6-18(2)14-21/h3-14H,15-16H2,1-2H3,(H,28,31). The van der Waals surface area contributed by atoms with Crippen LogP contribution in [0.2, 0.25) is 0 Å². The maximum Gasteiger partial charge on any atom is 0.234 e. The lowest BCUT2D eigenvalue weighted by Gasteiger charge is -2.21. The summed E-state index contributed by atoms with van der Waals surface area (Å²) in [5.74, 6) is 2.13. The van der Waals surface area contributed by atoms with Crippen LogP contribution in [0.5, 0.6) is 11.6 Å². The first-order chi connectivity index (χ1) is 16.0. The average Bonchev–Trinajstić information content (AvgIpc) is 2.81. The predicted molar refractivity (Wildman–Crippen MR) is 132 cm³/mol. The van der Waals surface area contributed by atoms with Crippen LogP contribution < -0.4 is 10.1 Å². The Morgan fingerprint density at radius 2 is 1.79 bits per heavy atom. The summed E-state index contributed by atoms with van der Waals surface area (Å²) in [6.45, 7) is 4.05. The average molecular weight is 454 g/mol. The third-order valence-electron chi connectivity index (χ3n) is 5.43. The second kappa shape index (κ2) is 9.08. The number of rotatable bonds is 5. The van der Waals surface area contributed by atoms with Crippen LogP contribution in [0, 0.1) is 13.8 Å². The van der Waals surface area contributed by atoms with Crippen molar-refractivity contribution in [3.8, 4) is 23.0 Å². The third-order valence-corrected chi connectivity index (χ3v) is 6.45. The molecule has 0 fully saturated rings. The van der Waals surface area contributed by atoms with E-state index in [9.17, 15) is 4.79 Å². The van der Waals surface area contributed by atoms with Crippen molar-refractivity contribution in [1.82, 2.24) is 9.97 Å². The molecule has 0 unspecified atom stereocenters. The van der Waals surface area contributed by atoms with Gasteiger partial charge in [0.15, 0.2) is 5.82 Å². The molecule has 0 atom stereocenters. The monoisotopic (exact) mass is 453 g/mol. The van der Waals surface area contributed by atoms with Gasteiger partial charge in [0.1, 0.15) is 10.8 Å². The molecule has 1 aliphatic rings. The van der Waals surface area contributed by atoms with Gasteiger partial charge in [-0.2, -0.15) is 4.98 Å². The van der Waals surface area contributed by atoms with Crippen LogP contribution in [0.3, 0.4) is 0 Å². The molecule has 33 heavy (non-hydrogen) atoms. The predicted octanol–water partition coefficient (Wildman–Crippen LogP) is 6.19. The number of nitrogens with one attached hydrogen (secondary N) is 1. The van der Waals surface area contributed by atoms with Gasteiger partial charge in [-0.1, -0.05) is 71.9 Å². The van der Waals surface area contributed by atoms with Gasteiger partial charge >= 0.3 is 0 Å². The molecule has 5 nitrogen and oxygen atoms in total. The highest BCUT2D eigenvalue weighted by Gasteiger charge is 2.24. The number of fused-ring (bicyclic) bond motifs is 2. The minimum Gasteiger partial charge on any atom is -0.438 e. The molecular weight excluding hydrogens is 430 g/mol. The number of hydrogen-bond acceptors (Lipinski definition) is 5. The van der Waals surface area contributed by atoms with Crippen LogP contribution in [0.4, 0.5) is 5.69 Å². The Kier molecular flexibility index (Phi) is 5.84. The van der Waals surface area contributed by atoms with E-state index in [1.807, 2.05) is 86.6 Å². The zero-order valence-electron chi connectivity index (χ0n) is 18.5. The Hall–Kier alpha value is -3.64. The number of hydrogen-bond donors (Lipinski definition) is 1. The highest BCUT2D eigenvalue weighted by molar-refractivity contribution is 8.00. The SMILES string of the molecule is Cc1ccc(-c2nc3c(c(SCC(=O)Nc4cccc(C)c4)n2)Cc2ccccc2O3)cc1. The molecule has 3 aromatic carbocycles. The molecule has 2 heterocycles. The number of aromatic nitrogens is 2. The second-order valence-electron chi connectivity index (χ2n) is 8.09. The van der Waals surface area contributed by atoms with Crippen molar-refractivity contribution < 1.29 is 9.53 Å². The minimum absolute atomic E-state index is 0.0769. The molecule has 164 valence electrons. The lowest BCUT2D eigenvalue weighted by atomic mass is 10.0. The number of thioether (sulfide) groups is 1. The molecule has 0 radical (unpaired) electrons. The second-order valence-corrected chi connectivity index (χ2v) is 9.06. The maximum absolute atomic E-state index is 12.6. The summed E-state index contributed by atoms with van der Waals surface area (Å²) in [6.07, 6.45) is 0.668. The van der Waals surface area contributed by atoms with E-state index in [1.165, 1.54) is 17.3 Å². The molecule has 0 saturated carbocycles. The van der Waals surface area contributed by atoms with Gasteiger partial charge in [-0.15, -0.1) is 0 Å². The number of benzene rings is 3. The summed E-state index contributed by atoms with van der Waals surface area (Å²) in [5.41, 5.74) is 5.98. The minimum atomic E-state index is -0.0769. The smallest absolute Gasteiger partial charge is 0.234 e. The van der Waals surface area contributed by atoms with E-state index in [4.69, 9.17) is 14.7 Å². The van der Waals surface area contributed by atoms with E-state index in [0.29, 0.717) is 18.1 Å². The summed E-state index contributed by atoms with van der Waals surface area (Å²) in [7, 11) is 0. The van der Waals surface area contributed by atoms with E-state index in [2.05, 4.69) is 5.32 Å². The number of amides is 1. The van der Waals surface area contributed by atoms with Crippen LogP contribution >= 0.6 is 11.8 Å². The third kappa shape index (κ3) is 4.76. The van der Waals surface area contributed by atoms with Crippen LogP contribution in [-0.4, -0.2) is 21.6 Å². The molecule has 1 aromatic heterocycles. The zero-order valence-corrected chi connectivity index (χ0v) is 19.3. The molecular formula is C27H23N3O2S. The number of ether oxygens (including phenoxy) is 1. The summed E-state index contributed by atoms with van der Waals surface area (Å²) < 4.78 is 6.15. The molecule has 4 aromatic rings. The lowest BCUT2D eigenvalue weighted by Crippen LogP contribution is -2.15. The van der Waals surface area contributed by atoms with Crippen molar-refractivity contribution in [3.05, 3.63) is 95.1 Å². The fourth-order valence-electron chi connectivity index (χ4n) is 3.73. The van der Waals surface area contributed by atoms with Crippen molar-refractivity contribution in [3.63, 3.8) is 0 Å². The first-order valence-electron chi connectivity index (χ1n) is 10.8. The Morgan fingerprint density at radius 1 is 0.970 bits per heavy atom. The number of aryl methyl sites for hydroxylation is 2. The molecule has 1 N–H and O–H groups in total. The lowest BCUT2D eigenvalue weighted by molar-refractivity contribution is -0.113. The van der Waals surface area contributed by atoms with E-state index < -0.39 is 0 Å². The Bertz CT molecular complexity index is 1340. The molecule has 0 spiro atoms. The highest BCUT2D eigenvalue weighted by Crippen LogP contribution is 2.40. The molecule has 1 aliphatic heterocycles. The van der Waals surface area contributed by atoms with Crippen molar-refractivity contribution in [2.45, 2.75) is 25.3 Å².